The highest BCUT2D eigenvalue weighted by molar-refractivity contribution is 7.89. The number of carbonyl (C=O) groups excluding carboxylic acids is 1. The van der Waals surface area contributed by atoms with Crippen LogP contribution >= 0.6 is 0 Å². The highest BCUT2D eigenvalue weighted by Gasteiger charge is 2.39. The van der Waals surface area contributed by atoms with Crippen molar-refractivity contribution >= 4 is 15.9 Å². The molecule has 1 aliphatic heterocycles. The molecule has 5 nitrogen and oxygen atoms in total. The molecule has 6 heteroatoms. The van der Waals surface area contributed by atoms with Crippen LogP contribution in [-0.4, -0.2) is 31.2 Å². The van der Waals surface area contributed by atoms with Gasteiger partial charge in [0.15, 0.2) is 0 Å². The number of sulfonamides is 1. The van der Waals surface area contributed by atoms with E-state index in [1.807, 2.05) is 24.3 Å². The normalized spacial score (nSPS) is 17.5. The molecule has 0 unspecified atom stereocenters. The SMILES string of the molecule is CCCCNC(=O)[C@H]1Cc2ccccc2CN1S(=O)(=O)c1ccccc1. The zero-order chi connectivity index (χ0) is 18.6. The second-order valence-corrected chi connectivity index (χ2v) is 8.39. The first-order valence-electron chi connectivity index (χ1n) is 8.95. The van der Waals surface area contributed by atoms with Crippen LogP contribution in [0.4, 0.5) is 0 Å². The largest absolute Gasteiger partial charge is 0.355 e. The molecule has 1 amide bonds. The zero-order valence-corrected chi connectivity index (χ0v) is 15.7. The van der Waals surface area contributed by atoms with Crippen LogP contribution in [0.25, 0.3) is 0 Å². The van der Waals surface area contributed by atoms with Crippen LogP contribution in [0.1, 0.15) is 30.9 Å². The molecule has 1 atom stereocenters. The van der Waals surface area contributed by atoms with Crippen LogP contribution in [0.15, 0.2) is 59.5 Å². The molecule has 3 rings (SSSR count). The lowest BCUT2D eigenvalue weighted by Crippen LogP contribution is -2.52. The summed E-state index contributed by atoms with van der Waals surface area (Å²) in [7, 11) is -3.76. The van der Waals surface area contributed by atoms with Gasteiger partial charge in [0, 0.05) is 13.1 Å². The minimum absolute atomic E-state index is 0.208. The van der Waals surface area contributed by atoms with Crippen molar-refractivity contribution in [2.24, 2.45) is 0 Å². The molecule has 0 saturated carbocycles. The maximum absolute atomic E-state index is 13.2. The van der Waals surface area contributed by atoms with Crippen LogP contribution in [0.5, 0.6) is 0 Å². The summed E-state index contributed by atoms with van der Waals surface area (Å²) >= 11 is 0. The number of benzene rings is 2. The lowest BCUT2D eigenvalue weighted by atomic mass is 9.95. The highest BCUT2D eigenvalue weighted by Crippen LogP contribution is 2.29. The van der Waals surface area contributed by atoms with Crippen LogP contribution in [0.2, 0.25) is 0 Å². The Kier molecular flexibility index (Phi) is 5.74. The van der Waals surface area contributed by atoms with Gasteiger partial charge in [-0.05, 0) is 36.1 Å². The third-order valence-corrected chi connectivity index (χ3v) is 6.56. The van der Waals surface area contributed by atoms with Crippen LogP contribution < -0.4 is 5.32 Å². The maximum atomic E-state index is 13.2. The Morgan fingerprint density at radius 1 is 1.08 bits per heavy atom. The predicted octanol–water partition coefficient (Wildman–Crippen LogP) is 2.72. The van der Waals surface area contributed by atoms with Crippen LogP contribution in [0.3, 0.4) is 0 Å². The summed E-state index contributed by atoms with van der Waals surface area (Å²) in [6, 6.07) is 15.3. The molecular weight excluding hydrogens is 348 g/mol. The van der Waals surface area contributed by atoms with E-state index in [-0.39, 0.29) is 17.3 Å². The monoisotopic (exact) mass is 372 g/mol. The number of hydrogen-bond donors (Lipinski definition) is 1. The van der Waals surface area contributed by atoms with E-state index in [1.54, 1.807) is 30.3 Å². The van der Waals surface area contributed by atoms with Crippen LogP contribution in [0, 0.1) is 0 Å². The van der Waals surface area contributed by atoms with E-state index in [0.717, 1.165) is 24.0 Å². The predicted molar refractivity (Wildman–Crippen MR) is 101 cm³/mol. The van der Waals surface area contributed by atoms with Gasteiger partial charge < -0.3 is 5.32 Å². The maximum Gasteiger partial charge on any atom is 0.244 e. The topological polar surface area (TPSA) is 66.5 Å². The summed E-state index contributed by atoms with van der Waals surface area (Å²) in [5, 5.41) is 2.89. The summed E-state index contributed by atoms with van der Waals surface area (Å²) in [4.78, 5) is 13.0. The van der Waals surface area contributed by atoms with Gasteiger partial charge in [-0.25, -0.2) is 8.42 Å². The summed E-state index contributed by atoms with van der Waals surface area (Å²) in [5.41, 5.74) is 1.98. The van der Waals surface area contributed by atoms with Crippen molar-refractivity contribution in [3.05, 3.63) is 65.7 Å². The average molecular weight is 372 g/mol. The van der Waals surface area contributed by atoms with E-state index in [9.17, 15) is 13.2 Å². The molecule has 26 heavy (non-hydrogen) atoms. The number of rotatable bonds is 6. The van der Waals surface area contributed by atoms with Gasteiger partial charge in [-0.2, -0.15) is 4.31 Å². The minimum Gasteiger partial charge on any atom is -0.355 e. The fraction of sp³-hybridized carbons (Fsp3) is 0.350. The first-order valence-corrected chi connectivity index (χ1v) is 10.4. The lowest BCUT2D eigenvalue weighted by Gasteiger charge is -2.35. The number of nitrogens with one attached hydrogen (secondary N) is 1. The molecule has 0 bridgehead atoms. The van der Waals surface area contributed by atoms with Crippen molar-refractivity contribution in [3.63, 3.8) is 0 Å². The third-order valence-electron chi connectivity index (χ3n) is 4.69. The molecular formula is C20H24N2O3S. The van der Waals surface area contributed by atoms with E-state index in [0.29, 0.717) is 13.0 Å². The second kappa shape index (κ2) is 8.01. The molecule has 0 aromatic heterocycles. The fourth-order valence-electron chi connectivity index (χ4n) is 3.21. The number of fused-ring (bicyclic) bond motifs is 1. The highest BCUT2D eigenvalue weighted by atomic mass is 32.2. The van der Waals surface area contributed by atoms with Crippen molar-refractivity contribution in [3.8, 4) is 0 Å². The molecule has 0 aliphatic carbocycles. The number of carbonyl (C=O) groups is 1. The van der Waals surface area contributed by atoms with E-state index in [2.05, 4.69) is 12.2 Å². The van der Waals surface area contributed by atoms with Crippen LogP contribution in [-0.2, 0) is 27.8 Å². The molecule has 0 spiro atoms. The number of amides is 1. The Bertz CT molecular complexity index is 866. The molecule has 2 aromatic carbocycles. The van der Waals surface area contributed by atoms with Crippen molar-refractivity contribution in [1.82, 2.24) is 9.62 Å². The quantitative estimate of drug-likeness (QED) is 0.793. The summed E-state index contributed by atoms with van der Waals surface area (Å²) in [6.45, 7) is 2.82. The van der Waals surface area contributed by atoms with Gasteiger partial charge in [0.25, 0.3) is 0 Å². The first-order chi connectivity index (χ1) is 12.5. The van der Waals surface area contributed by atoms with Gasteiger partial charge in [-0.3, -0.25) is 4.79 Å². The van der Waals surface area contributed by atoms with Gasteiger partial charge in [-0.1, -0.05) is 55.8 Å². The Hall–Kier alpha value is -2.18. The van der Waals surface area contributed by atoms with Gasteiger partial charge in [0.1, 0.15) is 6.04 Å². The zero-order valence-electron chi connectivity index (χ0n) is 14.9. The van der Waals surface area contributed by atoms with Crippen molar-refractivity contribution in [2.75, 3.05) is 6.54 Å². The Morgan fingerprint density at radius 3 is 2.42 bits per heavy atom. The standard InChI is InChI=1S/C20H24N2O3S/c1-2-3-13-21-20(23)19-14-16-9-7-8-10-17(16)15-22(19)26(24,25)18-11-5-4-6-12-18/h4-12,19H,2-3,13-15H2,1H3,(H,21,23)/t19-/m1/s1. The molecule has 1 N–H and O–H groups in total. The Labute approximate surface area is 155 Å². The van der Waals surface area contributed by atoms with Crippen molar-refractivity contribution in [1.29, 1.82) is 0 Å². The Balaban J connectivity index is 1.95. The number of hydrogen-bond acceptors (Lipinski definition) is 3. The molecule has 0 saturated heterocycles. The van der Waals surface area contributed by atoms with Gasteiger partial charge in [0.2, 0.25) is 15.9 Å². The third kappa shape index (κ3) is 3.81. The van der Waals surface area contributed by atoms with Crippen molar-refractivity contribution in [2.45, 2.75) is 43.7 Å². The fourth-order valence-corrected chi connectivity index (χ4v) is 4.80. The second-order valence-electron chi connectivity index (χ2n) is 6.50. The van der Waals surface area contributed by atoms with Crippen molar-refractivity contribution < 1.29 is 13.2 Å². The summed E-state index contributed by atoms with van der Waals surface area (Å²) < 4.78 is 27.7. The summed E-state index contributed by atoms with van der Waals surface area (Å²) in [6.07, 6.45) is 2.24. The van der Waals surface area contributed by atoms with Gasteiger partial charge in [-0.15, -0.1) is 0 Å². The smallest absolute Gasteiger partial charge is 0.244 e. The van der Waals surface area contributed by atoms with E-state index >= 15 is 0 Å². The van der Waals surface area contributed by atoms with E-state index in [1.165, 1.54) is 4.31 Å². The minimum atomic E-state index is -3.76. The average Bonchev–Trinajstić information content (AvgIpc) is 2.67. The summed E-state index contributed by atoms with van der Waals surface area (Å²) in [5.74, 6) is -0.229. The molecule has 0 radical (unpaired) electrons. The van der Waals surface area contributed by atoms with Gasteiger partial charge >= 0.3 is 0 Å². The molecule has 0 fully saturated rings. The first kappa shape index (κ1) is 18.6. The lowest BCUT2D eigenvalue weighted by molar-refractivity contribution is -0.125. The number of nitrogens with zero attached hydrogens (tertiary/aromatic N) is 1. The molecule has 2 aromatic rings. The van der Waals surface area contributed by atoms with E-state index in [4.69, 9.17) is 0 Å². The van der Waals surface area contributed by atoms with Gasteiger partial charge in [0.05, 0.1) is 4.90 Å². The number of unbranched alkanes of at least 4 members (excludes halogenated alkanes) is 1. The Morgan fingerprint density at radius 2 is 1.73 bits per heavy atom. The molecule has 1 aliphatic rings. The molecule has 138 valence electrons. The molecule has 1 heterocycles. The van der Waals surface area contributed by atoms with E-state index < -0.39 is 16.1 Å².